The van der Waals surface area contributed by atoms with Crippen LogP contribution in [-0.2, 0) is 23.2 Å². The van der Waals surface area contributed by atoms with Gasteiger partial charge in [-0.05, 0) is 44.0 Å². The molecular weight excluding hydrogens is 392 g/mol. The average molecular weight is 421 g/mol. The Morgan fingerprint density at radius 2 is 2.03 bits per heavy atom. The number of aryl methyl sites for hydroxylation is 3. The van der Waals surface area contributed by atoms with Crippen molar-refractivity contribution in [2.75, 3.05) is 12.4 Å². The fraction of sp³-hybridized carbons (Fsp3) is 0.391. The van der Waals surface area contributed by atoms with Gasteiger partial charge in [0.15, 0.2) is 0 Å². The molecule has 162 valence electrons. The molecule has 1 aromatic carbocycles. The number of rotatable bonds is 5. The van der Waals surface area contributed by atoms with Crippen molar-refractivity contribution in [1.29, 1.82) is 0 Å². The zero-order chi connectivity index (χ0) is 22.1. The third-order valence-corrected chi connectivity index (χ3v) is 5.89. The highest BCUT2D eigenvalue weighted by molar-refractivity contribution is 5.94. The van der Waals surface area contributed by atoms with Crippen molar-refractivity contribution in [2.24, 2.45) is 13.0 Å². The lowest BCUT2D eigenvalue weighted by molar-refractivity contribution is -0.140. The van der Waals surface area contributed by atoms with Crippen LogP contribution in [0.5, 0.6) is 0 Å². The van der Waals surface area contributed by atoms with Crippen LogP contribution in [0.1, 0.15) is 41.4 Å². The molecule has 2 unspecified atom stereocenters. The van der Waals surface area contributed by atoms with Gasteiger partial charge in [0.05, 0.1) is 30.4 Å². The number of benzene rings is 1. The molecule has 2 atom stereocenters. The summed E-state index contributed by atoms with van der Waals surface area (Å²) in [5.41, 5.74) is 4.76. The summed E-state index contributed by atoms with van der Waals surface area (Å²) in [5, 5.41) is 11.8. The monoisotopic (exact) mass is 420 g/mol. The summed E-state index contributed by atoms with van der Waals surface area (Å²) in [7, 11) is 3.59. The maximum absolute atomic E-state index is 13.2. The van der Waals surface area contributed by atoms with Crippen molar-refractivity contribution in [3.8, 4) is 0 Å². The number of nitrogens with zero attached hydrogens (tertiary/aromatic N) is 5. The van der Waals surface area contributed by atoms with Gasteiger partial charge < -0.3 is 10.2 Å². The van der Waals surface area contributed by atoms with Gasteiger partial charge in [-0.3, -0.25) is 19.0 Å². The molecule has 8 nitrogen and oxygen atoms in total. The van der Waals surface area contributed by atoms with Crippen LogP contribution in [0.15, 0.2) is 42.7 Å². The van der Waals surface area contributed by atoms with Crippen LogP contribution in [0, 0.1) is 19.8 Å². The Morgan fingerprint density at radius 3 is 2.71 bits per heavy atom. The Morgan fingerprint density at radius 1 is 1.23 bits per heavy atom. The van der Waals surface area contributed by atoms with E-state index in [0.717, 1.165) is 28.2 Å². The average Bonchev–Trinajstić information content (AvgIpc) is 3.28. The number of carbonyl (C=O) groups is 2. The van der Waals surface area contributed by atoms with Gasteiger partial charge in [0.1, 0.15) is 0 Å². The second kappa shape index (κ2) is 8.37. The molecule has 31 heavy (non-hydrogen) atoms. The minimum atomic E-state index is -0.341. The summed E-state index contributed by atoms with van der Waals surface area (Å²) in [5.74, 6) is -0.382. The van der Waals surface area contributed by atoms with Crippen molar-refractivity contribution in [3.63, 3.8) is 0 Å². The first-order valence-corrected chi connectivity index (χ1v) is 10.5. The minimum absolute atomic E-state index is 0.0461. The molecule has 2 aromatic heterocycles. The van der Waals surface area contributed by atoms with Crippen molar-refractivity contribution >= 4 is 17.5 Å². The molecule has 0 bridgehead atoms. The molecule has 1 N–H and O–H groups in total. The lowest BCUT2D eigenvalue weighted by Crippen LogP contribution is -2.44. The fourth-order valence-corrected chi connectivity index (χ4v) is 4.35. The Bertz CT molecular complexity index is 1110. The van der Waals surface area contributed by atoms with Gasteiger partial charge >= 0.3 is 0 Å². The van der Waals surface area contributed by atoms with Crippen LogP contribution in [0.2, 0.25) is 0 Å². The largest absolute Gasteiger partial charge is 0.338 e. The van der Waals surface area contributed by atoms with E-state index in [1.54, 1.807) is 22.8 Å². The van der Waals surface area contributed by atoms with Crippen molar-refractivity contribution < 1.29 is 9.59 Å². The molecule has 1 saturated heterocycles. The van der Waals surface area contributed by atoms with Gasteiger partial charge in [-0.15, -0.1) is 0 Å². The number of anilines is 1. The highest BCUT2D eigenvalue weighted by Crippen LogP contribution is 2.36. The molecule has 0 saturated carbocycles. The van der Waals surface area contributed by atoms with Crippen molar-refractivity contribution in [3.05, 3.63) is 65.2 Å². The number of aromatic nitrogens is 4. The normalized spacial score (nSPS) is 19.0. The number of hydrogen-bond donors (Lipinski definition) is 1. The predicted octanol–water partition coefficient (Wildman–Crippen LogP) is 2.83. The third-order valence-electron chi connectivity index (χ3n) is 5.89. The SMILES string of the molecule is Cc1cc(C)n(Cc2cccc(NC(=O)C3CCC(=O)N(C)C3c3cnn(C)c3)c2)n1. The van der Waals surface area contributed by atoms with E-state index in [9.17, 15) is 9.59 Å². The van der Waals surface area contributed by atoms with Crippen LogP contribution >= 0.6 is 0 Å². The van der Waals surface area contributed by atoms with Gasteiger partial charge in [0.2, 0.25) is 11.8 Å². The summed E-state index contributed by atoms with van der Waals surface area (Å²) in [6.07, 6.45) is 4.48. The smallest absolute Gasteiger partial charge is 0.229 e. The molecule has 8 heteroatoms. The molecule has 1 aliphatic heterocycles. The van der Waals surface area contributed by atoms with E-state index in [2.05, 4.69) is 15.5 Å². The Kier molecular flexibility index (Phi) is 5.63. The molecule has 0 radical (unpaired) electrons. The molecule has 1 aliphatic rings. The second-order valence-electron chi connectivity index (χ2n) is 8.32. The van der Waals surface area contributed by atoms with Gasteiger partial charge in [0, 0.05) is 43.7 Å². The van der Waals surface area contributed by atoms with Gasteiger partial charge in [0.25, 0.3) is 0 Å². The van der Waals surface area contributed by atoms with Gasteiger partial charge in [-0.2, -0.15) is 10.2 Å². The van der Waals surface area contributed by atoms with Crippen LogP contribution in [0.3, 0.4) is 0 Å². The summed E-state index contributed by atoms with van der Waals surface area (Å²) in [6, 6.07) is 9.55. The predicted molar refractivity (Wildman–Crippen MR) is 117 cm³/mol. The number of hydrogen-bond acceptors (Lipinski definition) is 4. The van der Waals surface area contributed by atoms with Crippen molar-refractivity contribution in [2.45, 2.75) is 39.3 Å². The topological polar surface area (TPSA) is 85.0 Å². The highest BCUT2D eigenvalue weighted by atomic mass is 16.2. The highest BCUT2D eigenvalue weighted by Gasteiger charge is 2.39. The van der Waals surface area contributed by atoms with E-state index in [0.29, 0.717) is 19.4 Å². The maximum Gasteiger partial charge on any atom is 0.229 e. The quantitative estimate of drug-likeness (QED) is 0.688. The molecule has 2 amide bonds. The summed E-state index contributed by atoms with van der Waals surface area (Å²) in [4.78, 5) is 27.2. The van der Waals surface area contributed by atoms with E-state index >= 15 is 0 Å². The summed E-state index contributed by atoms with van der Waals surface area (Å²) >= 11 is 0. The molecule has 4 rings (SSSR count). The zero-order valence-electron chi connectivity index (χ0n) is 18.4. The number of piperidine rings is 1. The third kappa shape index (κ3) is 4.38. The van der Waals surface area contributed by atoms with E-state index in [4.69, 9.17) is 0 Å². The lowest BCUT2D eigenvalue weighted by atomic mass is 9.85. The van der Waals surface area contributed by atoms with Crippen LogP contribution in [-0.4, -0.2) is 43.3 Å². The molecule has 3 heterocycles. The zero-order valence-corrected chi connectivity index (χ0v) is 18.4. The minimum Gasteiger partial charge on any atom is -0.338 e. The van der Waals surface area contributed by atoms with Crippen LogP contribution < -0.4 is 5.32 Å². The van der Waals surface area contributed by atoms with Gasteiger partial charge in [-0.25, -0.2) is 0 Å². The molecule has 3 aromatic rings. The number of nitrogens with one attached hydrogen (secondary N) is 1. The molecular formula is C23H28N6O2. The summed E-state index contributed by atoms with van der Waals surface area (Å²) in [6.45, 7) is 4.65. The van der Waals surface area contributed by atoms with E-state index in [1.807, 2.05) is 62.1 Å². The number of amides is 2. The number of carbonyl (C=O) groups excluding carboxylic acids is 2. The van der Waals surface area contributed by atoms with E-state index < -0.39 is 0 Å². The van der Waals surface area contributed by atoms with Crippen molar-refractivity contribution in [1.82, 2.24) is 24.5 Å². The maximum atomic E-state index is 13.2. The molecule has 0 aliphatic carbocycles. The second-order valence-corrected chi connectivity index (χ2v) is 8.32. The molecule has 1 fully saturated rings. The summed E-state index contributed by atoms with van der Waals surface area (Å²) < 4.78 is 3.65. The first kappa shape index (κ1) is 20.8. The van der Waals surface area contributed by atoms with Crippen LogP contribution in [0.4, 0.5) is 5.69 Å². The lowest BCUT2D eigenvalue weighted by Gasteiger charge is -2.37. The standard InChI is InChI=1S/C23H28N6O2/c1-15-10-16(2)29(26-15)13-17-6-5-7-19(11-17)25-23(31)20-8-9-21(30)28(4)22(20)18-12-24-27(3)14-18/h5-7,10-12,14,20,22H,8-9,13H2,1-4H3,(H,25,31). The first-order valence-electron chi connectivity index (χ1n) is 10.5. The first-order chi connectivity index (χ1) is 14.8. The Labute approximate surface area is 181 Å². The van der Waals surface area contributed by atoms with Crippen LogP contribution in [0.25, 0.3) is 0 Å². The number of likely N-dealkylation sites (tertiary alicyclic amines) is 1. The molecule has 0 spiro atoms. The fourth-order valence-electron chi connectivity index (χ4n) is 4.35. The van der Waals surface area contributed by atoms with Gasteiger partial charge in [-0.1, -0.05) is 12.1 Å². The Balaban J connectivity index is 1.52. The van der Waals surface area contributed by atoms with E-state index in [-0.39, 0.29) is 23.8 Å². The van der Waals surface area contributed by atoms with E-state index in [1.165, 1.54) is 0 Å². The Hall–Kier alpha value is -3.42.